The van der Waals surface area contributed by atoms with Crippen LogP contribution in [0.15, 0.2) is 182 Å². The summed E-state index contributed by atoms with van der Waals surface area (Å²) in [6.07, 6.45) is 1.75. The zero-order valence-electron chi connectivity index (χ0n) is 34.6. The summed E-state index contributed by atoms with van der Waals surface area (Å²) in [5, 5.41) is 12.1. The molecule has 310 valence electrons. The van der Waals surface area contributed by atoms with Gasteiger partial charge >= 0.3 is 12.0 Å². The number of amides is 2. The molecule has 8 aromatic rings. The first-order valence-electron chi connectivity index (χ1n) is 20.2. The van der Waals surface area contributed by atoms with Crippen molar-refractivity contribution in [3.63, 3.8) is 0 Å². The number of carbonyl (C=O) groups excluding carboxylic acids is 2. The fourth-order valence-corrected chi connectivity index (χ4v) is 7.89. The molecule has 2 N–H and O–H groups in total. The van der Waals surface area contributed by atoms with Crippen LogP contribution in [0.3, 0.4) is 0 Å². The van der Waals surface area contributed by atoms with Crippen molar-refractivity contribution in [1.29, 1.82) is 0 Å². The molecule has 0 radical (unpaired) electrons. The van der Waals surface area contributed by atoms with E-state index in [0.717, 1.165) is 44.7 Å². The molecule has 0 aliphatic carbocycles. The molecule has 0 fully saturated rings. The lowest BCUT2D eigenvalue weighted by Gasteiger charge is -2.37. The maximum Gasteiger partial charge on any atom is 0.333 e. The van der Waals surface area contributed by atoms with Crippen molar-refractivity contribution in [2.24, 2.45) is 0 Å². The first-order chi connectivity index (χ1) is 30.4. The van der Waals surface area contributed by atoms with E-state index in [1.54, 1.807) is 44.7 Å². The zero-order valence-corrected chi connectivity index (χ0v) is 34.6. The molecule has 0 bridgehead atoms. The van der Waals surface area contributed by atoms with Gasteiger partial charge < -0.3 is 24.4 Å². The lowest BCUT2D eigenvalue weighted by Crippen LogP contribution is -2.39. The Morgan fingerprint density at radius 3 is 1.56 bits per heavy atom. The molecule has 0 unspecified atom stereocenters. The SMILES string of the molecule is COC(=O)[C@@H](NC(=O)Nc1cc2c(cn1)c(N(Cc1ccc(OC)cc1)Cc1ccc(OC)cc1)nn2C(c1ccccc1)(c1ccccc1)c1ccccc1)c1ccccc1. The van der Waals surface area contributed by atoms with E-state index in [1.165, 1.54) is 7.11 Å². The second-order valence-electron chi connectivity index (χ2n) is 14.6. The van der Waals surface area contributed by atoms with E-state index in [-0.39, 0.29) is 5.82 Å². The van der Waals surface area contributed by atoms with Crippen molar-refractivity contribution < 1.29 is 23.8 Å². The molecular formula is C51H46N6O5. The van der Waals surface area contributed by atoms with E-state index in [4.69, 9.17) is 24.3 Å². The topological polar surface area (TPSA) is 120 Å². The minimum atomic E-state index is -1.05. The summed E-state index contributed by atoms with van der Waals surface area (Å²) in [4.78, 5) is 33.7. The van der Waals surface area contributed by atoms with Gasteiger partial charge in [-0.25, -0.2) is 19.3 Å². The largest absolute Gasteiger partial charge is 0.497 e. The molecule has 0 aliphatic heterocycles. The van der Waals surface area contributed by atoms with Crippen LogP contribution in [0.1, 0.15) is 39.4 Å². The van der Waals surface area contributed by atoms with Gasteiger partial charge in [-0.2, -0.15) is 5.10 Å². The number of esters is 1. The Morgan fingerprint density at radius 1 is 0.645 bits per heavy atom. The Bertz CT molecular complexity index is 2580. The molecule has 0 saturated heterocycles. The number of fused-ring (bicyclic) bond motifs is 1. The molecule has 11 heteroatoms. The van der Waals surface area contributed by atoms with Gasteiger partial charge in [0, 0.05) is 25.4 Å². The van der Waals surface area contributed by atoms with Crippen molar-refractivity contribution in [3.8, 4) is 11.5 Å². The van der Waals surface area contributed by atoms with Gasteiger partial charge in [-0.05, 0) is 57.6 Å². The first-order valence-corrected chi connectivity index (χ1v) is 20.2. The van der Waals surface area contributed by atoms with E-state index in [1.807, 2.05) is 91.0 Å². The van der Waals surface area contributed by atoms with Crippen molar-refractivity contribution in [1.82, 2.24) is 20.1 Å². The predicted octanol–water partition coefficient (Wildman–Crippen LogP) is 9.53. The van der Waals surface area contributed by atoms with Crippen molar-refractivity contribution in [2.45, 2.75) is 24.7 Å². The van der Waals surface area contributed by atoms with Crippen LogP contribution >= 0.6 is 0 Å². The second-order valence-corrected chi connectivity index (χ2v) is 14.6. The summed E-state index contributed by atoms with van der Waals surface area (Å²) in [7, 11) is 4.60. The van der Waals surface area contributed by atoms with E-state index >= 15 is 0 Å². The summed E-state index contributed by atoms with van der Waals surface area (Å²) >= 11 is 0. The quantitative estimate of drug-likeness (QED) is 0.0776. The molecule has 8 rings (SSSR count). The number of nitrogens with zero attached hydrogens (tertiary/aromatic N) is 4. The van der Waals surface area contributed by atoms with Crippen LogP contribution in [-0.4, -0.2) is 48.1 Å². The van der Waals surface area contributed by atoms with Gasteiger partial charge in [-0.15, -0.1) is 0 Å². The number of methoxy groups -OCH3 is 3. The Hall–Kier alpha value is -7.92. The highest BCUT2D eigenvalue weighted by molar-refractivity contribution is 5.96. The van der Waals surface area contributed by atoms with Crippen LogP contribution in [0.5, 0.6) is 11.5 Å². The van der Waals surface area contributed by atoms with E-state index in [2.05, 4.69) is 80.9 Å². The number of ether oxygens (including phenoxy) is 3. The molecule has 11 nitrogen and oxygen atoms in total. The maximum absolute atomic E-state index is 13.8. The molecule has 1 atom stereocenters. The number of hydrogen-bond acceptors (Lipinski definition) is 8. The van der Waals surface area contributed by atoms with Crippen molar-refractivity contribution >= 4 is 34.5 Å². The third kappa shape index (κ3) is 8.41. The smallest absolute Gasteiger partial charge is 0.333 e. The minimum Gasteiger partial charge on any atom is -0.497 e. The number of hydrogen-bond donors (Lipinski definition) is 2. The fourth-order valence-electron chi connectivity index (χ4n) is 7.89. The number of nitrogens with one attached hydrogen (secondary N) is 2. The summed E-state index contributed by atoms with van der Waals surface area (Å²) in [6.45, 7) is 0.988. The molecule has 0 aliphatic rings. The Balaban J connectivity index is 1.34. The van der Waals surface area contributed by atoms with Crippen LogP contribution in [-0.2, 0) is 28.2 Å². The highest BCUT2D eigenvalue weighted by atomic mass is 16.5. The number of urea groups is 1. The van der Waals surface area contributed by atoms with Crippen LogP contribution in [0.25, 0.3) is 10.9 Å². The normalized spacial score (nSPS) is 11.7. The third-order valence-corrected chi connectivity index (χ3v) is 10.9. The van der Waals surface area contributed by atoms with Crippen LogP contribution in [0, 0.1) is 0 Å². The van der Waals surface area contributed by atoms with Gasteiger partial charge in [0.15, 0.2) is 11.9 Å². The van der Waals surface area contributed by atoms with E-state index in [9.17, 15) is 9.59 Å². The lowest BCUT2D eigenvalue weighted by molar-refractivity contribution is -0.143. The van der Waals surface area contributed by atoms with Gasteiger partial charge in [-0.3, -0.25) is 5.32 Å². The molecule has 0 saturated carbocycles. The molecule has 2 heterocycles. The Labute approximate surface area is 360 Å². The average molecular weight is 823 g/mol. The first kappa shape index (κ1) is 40.8. The number of aromatic nitrogens is 3. The van der Waals surface area contributed by atoms with Gasteiger partial charge in [0.05, 0.1) is 32.2 Å². The highest BCUT2D eigenvalue weighted by Crippen LogP contribution is 2.44. The predicted molar refractivity (Wildman–Crippen MR) is 241 cm³/mol. The van der Waals surface area contributed by atoms with Gasteiger partial charge in [0.1, 0.15) is 22.9 Å². The number of carbonyl (C=O) groups is 2. The van der Waals surface area contributed by atoms with Gasteiger partial charge in [0.2, 0.25) is 0 Å². The third-order valence-electron chi connectivity index (χ3n) is 10.9. The van der Waals surface area contributed by atoms with E-state index in [0.29, 0.717) is 30.0 Å². The Kier molecular flexibility index (Phi) is 12.2. The van der Waals surface area contributed by atoms with Crippen molar-refractivity contribution in [2.75, 3.05) is 31.5 Å². The number of pyridine rings is 1. The monoisotopic (exact) mass is 822 g/mol. The molecule has 6 aromatic carbocycles. The minimum absolute atomic E-state index is 0.249. The van der Waals surface area contributed by atoms with Gasteiger partial charge in [-0.1, -0.05) is 146 Å². The van der Waals surface area contributed by atoms with E-state index < -0.39 is 23.6 Å². The summed E-state index contributed by atoms with van der Waals surface area (Å²) in [6, 6.07) is 56.0. The summed E-state index contributed by atoms with van der Waals surface area (Å²) in [5.41, 5.74) is 5.26. The molecular weight excluding hydrogens is 777 g/mol. The standard InChI is InChI=1S/C51H46N6O5/c1-60-42-28-24-36(25-29-42)34-56(35-37-26-30-43(61-2)31-27-37)48-44-33-52-46(53-50(59)54-47(49(58)62-3)38-16-8-4-9-17-38)32-45(44)57(55-48)51(39-18-10-5-11-19-39,40-20-12-6-13-21-40)41-22-14-7-15-23-41/h4-33,47H,34-35H2,1-3H3,(H2,52,53,54,59)/t47-/m0/s1. The number of anilines is 2. The Morgan fingerprint density at radius 2 is 1.11 bits per heavy atom. The maximum atomic E-state index is 13.8. The second kappa shape index (κ2) is 18.6. The molecule has 0 spiro atoms. The number of rotatable bonds is 15. The zero-order chi connectivity index (χ0) is 42.9. The average Bonchev–Trinajstić information content (AvgIpc) is 3.71. The van der Waals surface area contributed by atoms with Crippen molar-refractivity contribution in [3.05, 3.63) is 216 Å². The number of benzene rings is 6. The summed E-state index contributed by atoms with van der Waals surface area (Å²) in [5.74, 6) is 1.85. The van der Waals surface area contributed by atoms with Crippen LogP contribution in [0.4, 0.5) is 16.4 Å². The molecule has 62 heavy (non-hydrogen) atoms. The fraction of sp³-hybridized carbons (Fsp3) is 0.137. The molecule has 2 amide bonds. The van der Waals surface area contributed by atoms with Crippen LogP contribution in [0.2, 0.25) is 0 Å². The molecule has 2 aromatic heterocycles. The van der Waals surface area contributed by atoms with Gasteiger partial charge in [0.25, 0.3) is 0 Å². The lowest BCUT2D eigenvalue weighted by atomic mass is 9.77. The van der Waals surface area contributed by atoms with Crippen LogP contribution < -0.4 is 25.0 Å². The highest BCUT2D eigenvalue weighted by Gasteiger charge is 2.41. The summed E-state index contributed by atoms with van der Waals surface area (Å²) < 4.78 is 18.1.